The summed E-state index contributed by atoms with van der Waals surface area (Å²) in [6.07, 6.45) is -5.87. The van der Waals surface area contributed by atoms with Crippen LogP contribution in [-0.2, 0) is 19.1 Å². The standard InChI is InChI=1S/C14H23NO9/c1-6(16)4-23-5-9(19)12(20)13-11(15-7(2)17)8(18)3-10(24-13)14(21)22/h3,6,8-9,11-13,16,18-20H,4-5H2,1-2H3,(H,15,17)(H,21,22)/t6-,8?,9+,11+,12+,13?/m0/s1. The van der Waals surface area contributed by atoms with Crippen molar-refractivity contribution in [1.29, 1.82) is 0 Å². The third kappa shape index (κ3) is 5.73. The summed E-state index contributed by atoms with van der Waals surface area (Å²) in [6, 6.07) is -1.16. The second-order valence-corrected chi connectivity index (χ2v) is 5.58. The fourth-order valence-corrected chi connectivity index (χ4v) is 2.20. The number of carboxylic acids is 1. The van der Waals surface area contributed by atoms with Crippen LogP contribution in [0.15, 0.2) is 11.8 Å². The van der Waals surface area contributed by atoms with Crippen molar-refractivity contribution in [2.24, 2.45) is 0 Å². The Kier molecular flexibility index (Phi) is 7.58. The summed E-state index contributed by atoms with van der Waals surface area (Å²) in [4.78, 5) is 22.3. The number of ether oxygens (including phenoxy) is 2. The Balaban J connectivity index is 2.86. The van der Waals surface area contributed by atoms with Gasteiger partial charge in [-0.1, -0.05) is 0 Å². The molecule has 6 atom stereocenters. The van der Waals surface area contributed by atoms with Gasteiger partial charge in [0, 0.05) is 6.92 Å². The van der Waals surface area contributed by atoms with Crippen molar-refractivity contribution in [3.05, 3.63) is 11.8 Å². The molecular formula is C14H23NO9. The van der Waals surface area contributed by atoms with Gasteiger partial charge in [0.05, 0.1) is 25.4 Å². The highest BCUT2D eigenvalue weighted by atomic mass is 16.5. The summed E-state index contributed by atoms with van der Waals surface area (Å²) >= 11 is 0. The third-order valence-electron chi connectivity index (χ3n) is 3.27. The molecule has 0 saturated carbocycles. The van der Waals surface area contributed by atoms with Gasteiger partial charge in [-0.3, -0.25) is 4.79 Å². The molecule has 0 radical (unpaired) electrons. The molecular weight excluding hydrogens is 326 g/mol. The van der Waals surface area contributed by atoms with Crippen LogP contribution in [0.2, 0.25) is 0 Å². The van der Waals surface area contributed by atoms with Gasteiger partial charge in [-0.2, -0.15) is 0 Å². The molecule has 10 nitrogen and oxygen atoms in total. The van der Waals surface area contributed by atoms with Crippen LogP contribution in [0, 0.1) is 0 Å². The predicted octanol–water partition coefficient (Wildman–Crippen LogP) is -2.66. The summed E-state index contributed by atoms with van der Waals surface area (Å²) < 4.78 is 10.1. The van der Waals surface area contributed by atoms with Gasteiger partial charge in [0.25, 0.3) is 0 Å². The number of aliphatic hydroxyl groups excluding tert-OH is 4. The molecule has 1 heterocycles. The maximum absolute atomic E-state index is 11.2. The Hall–Kier alpha value is -1.72. The molecule has 2 unspecified atom stereocenters. The van der Waals surface area contributed by atoms with Crippen molar-refractivity contribution in [2.75, 3.05) is 13.2 Å². The van der Waals surface area contributed by atoms with E-state index in [1.54, 1.807) is 0 Å². The first-order chi connectivity index (χ1) is 11.1. The highest BCUT2D eigenvalue weighted by Gasteiger charge is 2.43. The molecule has 1 aliphatic heterocycles. The van der Waals surface area contributed by atoms with E-state index in [9.17, 15) is 24.9 Å². The maximum Gasteiger partial charge on any atom is 0.370 e. The number of amides is 1. The average Bonchev–Trinajstić information content (AvgIpc) is 2.47. The average molecular weight is 349 g/mol. The topological polar surface area (TPSA) is 166 Å². The number of rotatable bonds is 8. The first-order valence-electron chi connectivity index (χ1n) is 7.32. The van der Waals surface area contributed by atoms with E-state index in [-0.39, 0.29) is 13.2 Å². The first kappa shape index (κ1) is 20.3. The second kappa shape index (κ2) is 8.94. The zero-order chi connectivity index (χ0) is 18.4. The summed E-state index contributed by atoms with van der Waals surface area (Å²) in [7, 11) is 0. The van der Waals surface area contributed by atoms with E-state index in [2.05, 4.69) is 5.32 Å². The van der Waals surface area contributed by atoms with E-state index >= 15 is 0 Å². The molecule has 0 spiro atoms. The number of aliphatic hydroxyl groups is 4. The number of carboxylic acid groups (broad SMARTS) is 1. The number of hydrogen-bond donors (Lipinski definition) is 6. The molecule has 0 aromatic heterocycles. The highest BCUT2D eigenvalue weighted by molar-refractivity contribution is 5.84. The van der Waals surface area contributed by atoms with Crippen molar-refractivity contribution in [3.8, 4) is 0 Å². The van der Waals surface area contributed by atoms with Crippen LogP contribution in [-0.4, -0.2) is 87.2 Å². The van der Waals surface area contributed by atoms with Gasteiger partial charge in [0.1, 0.15) is 18.3 Å². The summed E-state index contributed by atoms with van der Waals surface area (Å²) in [5.74, 6) is -2.61. The van der Waals surface area contributed by atoms with E-state index in [1.807, 2.05) is 0 Å². The lowest BCUT2D eigenvalue weighted by atomic mass is 9.94. The molecule has 0 aromatic carbocycles. The normalized spacial score (nSPS) is 27.4. The summed E-state index contributed by atoms with van der Waals surface area (Å²) in [5, 5.41) is 50.6. The minimum Gasteiger partial charge on any atom is -0.478 e. The molecule has 0 fully saturated rings. The Morgan fingerprint density at radius 1 is 1.33 bits per heavy atom. The monoisotopic (exact) mass is 349 g/mol. The molecule has 6 N–H and O–H groups in total. The fourth-order valence-electron chi connectivity index (χ4n) is 2.20. The van der Waals surface area contributed by atoms with Gasteiger partial charge in [0.15, 0.2) is 6.10 Å². The lowest BCUT2D eigenvalue weighted by molar-refractivity contribution is -0.151. The third-order valence-corrected chi connectivity index (χ3v) is 3.27. The minimum absolute atomic E-state index is 0.0761. The van der Waals surface area contributed by atoms with E-state index in [0.29, 0.717) is 0 Å². The maximum atomic E-state index is 11.2. The molecule has 138 valence electrons. The molecule has 0 saturated heterocycles. The lowest BCUT2D eigenvalue weighted by Gasteiger charge is -2.38. The number of hydrogen-bond acceptors (Lipinski definition) is 8. The van der Waals surface area contributed by atoms with Gasteiger partial charge in [-0.15, -0.1) is 0 Å². The van der Waals surface area contributed by atoms with Crippen molar-refractivity contribution in [3.63, 3.8) is 0 Å². The van der Waals surface area contributed by atoms with Crippen LogP contribution in [0.5, 0.6) is 0 Å². The van der Waals surface area contributed by atoms with E-state index in [4.69, 9.17) is 19.7 Å². The lowest BCUT2D eigenvalue weighted by Crippen LogP contribution is -2.60. The second-order valence-electron chi connectivity index (χ2n) is 5.58. The van der Waals surface area contributed by atoms with Crippen LogP contribution in [0.25, 0.3) is 0 Å². The number of nitrogens with one attached hydrogen (secondary N) is 1. The minimum atomic E-state index is -1.66. The van der Waals surface area contributed by atoms with Crippen LogP contribution in [0.1, 0.15) is 13.8 Å². The van der Waals surface area contributed by atoms with E-state index in [1.165, 1.54) is 13.8 Å². The van der Waals surface area contributed by atoms with E-state index < -0.39 is 54.2 Å². The van der Waals surface area contributed by atoms with Gasteiger partial charge in [0.2, 0.25) is 11.7 Å². The zero-order valence-corrected chi connectivity index (χ0v) is 13.3. The smallest absolute Gasteiger partial charge is 0.370 e. The molecule has 24 heavy (non-hydrogen) atoms. The summed E-state index contributed by atoms with van der Waals surface area (Å²) in [5.41, 5.74) is 0. The SMILES string of the molecule is CC(=O)N[C@@H]1C(O)C=C(C(=O)O)OC1[C@H](O)[C@H](O)COC[C@H](C)O. The first-order valence-corrected chi connectivity index (χ1v) is 7.32. The predicted molar refractivity (Wildman–Crippen MR) is 78.7 cm³/mol. The highest BCUT2D eigenvalue weighted by Crippen LogP contribution is 2.23. The zero-order valence-electron chi connectivity index (χ0n) is 13.3. The van der Waals surface area contributed by atoms with Crippen LogP contribution < -0.4 is 5.32 Å². The van der Waals surface area contributed by atoms with Gasteiger partial charge >= 0.3 is 5.97 Å². The van der Waals surface area contributed by atoms with Gasteiger partial charge in [-0.05, 0) is 13.0 Å². The largest absolute Gasteiger partial charge is 0.478 e. The Labute approximate surface area is 138 Å². The molecule has 10 heteroatoms. The van der Waals surface area contributed by atoms with Crippen molar-refractivity contribution < 1.29 is 44.6 Å². The Morgan fingerprint density at radius 2 is 1.96 bits per heavy atom. The molecule has 1 rings (SSSR count). The number of carbonyl (C=O) groups excluding carboxylic acids is 1. The molecule has 1 amide bonds. The Morgan fingerprint density at radius 3 is 2.46 bits per heavy atom. The van der Waals surface area contributed by atoms with Crippen LogP contribution in [0.3, 0.4) is 0 Å². The van der Waals surface area contributed by atoms with Crippen molar-refractivity contribution in [2.45, 2.75) is 50.4 Å². The van der Waals surface area contributed by atoms with E-state index in [0.717, 1.165) is 6.08 Å². The molecule has 0 aliphatic carbocycles. The Bertz CT molecular complexity index is 479. The van der Waals surface area contributed by atoms with Crippen molar-refractivity contribution in [1.82, 2.24) is 5.32 Å². The van der Waals surface area contributed by atoms with Gasteiger partial charge in [-0.25, -0.2) is 4.79 Å². The van der Waals surface area contributed by atoms with Crippen LogP contribution in [0.4, 0.5) is 0 Å². The summed E-state index contributed by atoms with van der Waals surface area (Å²) in [6.45, 7) is 2.21. The molecule has 1 aliphatic rings. The quantitative estimate of drug-likeness (QED) is 0.274. The molecule has 0 bridgehead atoms. The number of aliphatic carboxylic acids is 1. The van der Waals surface area contributed by atoms with Crippen molar-refractivity contribution >= 4 is 11.9 Å². The van der Waals surface area contributed by atoms with Crippen LogP contribution >= 0.6 is 0 Å². The fraction of sp³-hybridized carbons (Fsp3) is 0.714. The number of carbonyl (C=O) groups is 2. The van der Waals surface area contributed by atoms with Gasteiger partial charge < -0.3 is 40.3 Å². The molecule has 0 aromatic rings.